The SMILES string of the molecule is Cc1ccc2c(c1)C1(CCN(CCOc3cnc4c(c3)CCC(=O)N4C3CC(C)(O)C3)CC1)C(=O)N2. The van der Waals surface area contributed by atoms with Crippen molar-refractivity contribution in [2.24, 2.45) is 0 Å². The summed E-state index contributed by atoms with van der Waals surface area (Å²) in [6.07, 6.45) is 5.62. The fourth-order valence-electron chi connectivity index (χ4n) is 6.43. The van der Waals surface area contributed by atoms with Crippen molar-refractivity contribution in [1.29, 1.82) is 0 Å². The molecule has 0 unspecified atom stereocenters. The standard InChI is InChI=1S/C28H34N4O4/c1-18-3-5-23-22(13-18)28(26(34)30-23)7-9-31(10-8-28)11-12-36-21-14-19-4-6-24(33)32(25(19)29-17-21)20-15-27(2,35)16-20/h3,5,13-14,17,20,35H,4,6-12,15-16H2,1-2H3,(H,30,34). The van der Waals surface area contributed by atoms with Gasteiger partial charge in [-0.25, -0.2) is 4.98 Å². The molecular formula is C28H34N4O4. The van der Waals surface area contributed by atoms with Crippen LogP contribution in [0.15, 0.2) is 30.5 Å². The van der Waals surface area contributed by atoms with Gasteiger partial charge >= 0.3 is 0 Å². The third-order valence-corrected chi connectivity index (χ3v) is 8.50. The highest BCUT2D eigenvalue weighted by Gasteiger charge is 2.48. The van der Waals surface area contributed by atoms with E-state index in [-0.39, 0.29) is 17.9 Å². The van der Waals surface area contributed by atoms with E-state index in [1.807, 2.05) is 25.1 Å². The molecule has 1 aromatic heterocycles. The Morgan fingerprint density at radius 1 is 1.17 bits per heavy atom. The van der Waals surface area contributed by atoms with Crippen molar-refractivity contribution >= 4 is 23.3 Å². The van der Waals surface area contributed by atoms with Crippen LogP contribution in [0.5, 0.6) is 5.75 Å². The lowest BCUT2D eigenvalue weighted by molar-refractivity contribution is -0.123. The number of rotatable bonds is 5. The summed E-state index contributed by atoms with van der Waals surface area (Å²) < 4.78 is 6.05. The number of carbonyl (C=O) groups is 2. The Morgan fingerprint density at radius 3 is 2.69 bits per heavy atom. The van der Waals surface area contributed by atoms with Crippen molar-refractivity contribution in [2.45, 2.75) is 69.4 Å². The zero-order valence-corrected chi connectivity index (χ0v) is 21.0. The van der Waals surface area contributed by atoms with E-state index in [1.165, 1.54) is 5.56 Å². The van der Waals surface area contributed by atoms with Crippen LogP contribution in [-0.2, 0) is 21.4 Å². The molecule has 1 saturated heterocycles. The third-order valence-electron chi connectivity index (χ3n) is 8.50. The summed E-state index contributed by atoms with van der Waals surface area (Å²) in [5.41, 5.74) is 3.24. The normalized spacial score (nSPS) is 26.9. The molecule has 2 amide bonds. The average molecular weight is 491 g/mol. The Hall–Kier alpha value is -2.97. The summed E-state index contributed by atoms with van der Waals surface area (Å²) in [6.45, 7) is 6.93. The number of nitrogens with zero attached hydrogens (tertiary/aromatic N) is 3. The molecule has 4 aliphatic rings. The van der Waals surface area contributed by atoms with Gasteiger partial charge in [0.1, 0.15) is 18.2 Å². The minimum absolute atomic E-state index is 0.0195. The Bertz CT molecular complexity index is 1210. The number of aliphatic hydroxyl groups is 1. The zero-order valence-electron chi connectivity index (χ0n) is 21.0. The second kappa shape index (κ2) is 8.56. The van der Waals surface area contributed by atoms with E-state index in [2.05, 4.69) is 28.2 Å². The molecule has 190 valence electrons. The van der Waals surface area contributed by atoms with Crippen LogP contribution in [0, 0.1) is 6.92 Å². The minimum atomic E-state index is -0.691. The first-order valence-electron chi connectivity index (χ1n) is 13.1. The van der Waals surface area contributed by atoms with Gasteiger partial charge in [0.05, 0.1) is 17.2 Å². The molecule has 1 aliphatic carbocycles. The van der Waals surface area contributed by atoms with E-state index >= 15 is 0 Å². The molecule has 0 radical (unpaired) electrons. The molecule has 2 aromatic rings. The smallest absolute Gasteiger partial charge is 0.235 e. The molecule has 1 aromatic carbocycles. The van der Waals surface area contributed by atoms with Crippen LogP contribution >= 0.6 is 0 Å². The number of piperidine rings is 1. The maximum atomic E-state index is 12.9. The molecule has 36 heavy (non-hydrogen) atoms. The Kier molecular flexibility index (Phi) is 5.57. The van der Waals surface area contributed by atoms with Crippen molar-refractivity contribution in [2.75, 3.05) is 36.5 Å². The number of nitrogens with one attached hydrogen (secondary N) is 1. The van der Waals surface area contributed by atoms with E-state index in [4.69, 9.17) is 4.74 Å². The van der Waals surface area contributed by atoms with Crippen molar-refractivity contribution in [1.82, 2.24) is 9.88 Å². The Labute approximate surface area is 211 Å². The van der Waals surface area contributed by atoms with Gasteiger partial charge in [-0.3, -0.25) is 19.4 Å². The number of aromatic nitrogens is 1. The number of aryl methyl sites for hydroxylation is 2. The van der Waals surface area contributed by atoms with Gasteiger partial charge in [-0.2, -0.15) is 0 Å². The monoisotopic (exact) mass is 490 g/mol. The van der Waals surface area contributed by atoms with Crippen LogP contribution in [0.1, 0.15) is 55.7 Å². The number of ether oxygens (including phenoxy) is 1. The maximum absolute atomic E-state index is 12.9. The summed E-state index contributed by atoms with van der Waals surface area (Å²) >= 11 is 0. The molecule has 2 fully saturated rings. The lowest BCUT2D eigenvalue weighted by atomic mass is 9.73. The van der Waals surface area contributed by atoms with Gasteiger partial charge in [0.15, 0.2) is 0 Å². The van der Waals surface area contributed by atoms with Crippen LogP contribution in [0.3, 0.4) is 0 Å². The van der Waals surface area contributed by atoms with E-state index in [0.717, 1.165) is 55.0 Å². The molecule has 0 bridgehead atoms. The molecule has 6 rings (SSSR count). The second-order valence-corrected chi connectivity index (χ2v) is 11.3. The van der Waals surface area contributed by atoms with Gasteiger partial charge < -0.3 is 15.2 Å². The van der Waals surface area contributed by atoms with Gasteiger partial charge in [0.2, 0.25) is 11.8 Å². The van der Waals surface area contributed by atoms with Crippen LogP contribution in [0.25, 0.3) is 0 Å². The van der Waals surface area contributed by atoms with E-state index < -0.39 is 11.0 Å². The fraction of sp³-hybridized carbons (Fsp3) is 0.536. The molecule has 0 atom stereocenters. The van der Waals surface area contributed by atoms with Crippen molar-refractivity contribution in [3.63, 3.8) is 0 Å². The van der Waals surface area contributed by atoms with Crippen LogP contribution < -0.4 is 15.0 Å². The number of amides is 2. The van der Waals surface area contributed by atoms with Gasteiger partial charge in [0.25, 0.3) is 0 Å². The summed E-state index contributed by atoms with van der Waals surface area (Å²) in [5.74, 6) is 1.65. The second-order valence-electron chi connectivity index (χ2n) is 11.3. The van der Waals surface area contributed by atoms with E-state index in [9.17, 15) is 14.7 Å². The van der Waals surface area contributed by atoms with Crippen LogP contribution in [0.2, 0.25) is 0 Å². The number of hydrogen-bond acceptors (Lipinski definition) is 6. The molecular weight excluding hydrogens is 456 g/mol. The molecule has 8 heteroatoms. The predicted molar refractivity (Wildman–Crippen MR) is 136 cm³/mol. The van der Waals surface area contributed by atoms with Gasteiger partial charge in [-0.1, -0.05) is 17.7 Å². The molecule has 2 N–H and O–H groups in total. The first kappa shape index (κ1) is 23.4. The number of pyridine rings is 1. The average Bonchev–Trinajstić information content (AvgIpc) is 3.09. The topological polar surface area (TPSA) is 95.0 Å². The largest absolute Gasteiger partial charge is 0.491 e. The fourth-order valence-corrected chi connectivity index (χ4v) is 6.43. The van der Waals surface area contributed by atoms with Gasteiger partial charge in [-0.15, -0.1) is 0 Å². The number of anilines is 2. The Morgan fingerprint density at radius 2 is 1.94 bits per heavy atom. The highest BCUT2D eigenvalue weighted by Crippen LogP contribution is 2.45. The molecule has 3 aliphatic heterocycles. The molecule has 1 spiro atoms. The predicted octanol–water partition coefficient (Wildman–Crippen LogP) is 2.95. The molecule has 1 saturated carbocycles. The summed E-state index contributed by atoms with van der Waals surface area (Å²) in [4.78, 5) is 34.2. The first-order valence-corrected chi connectivity index (χ1v) is 13.1. The van der Waals surface area contributed by atoms with Gasteiger partial charge in [-0.05, 0) is 82.3 Å². The number of fused-ring (bicyclic) bond motifs is 3. The van der Waals surface area contributed by atoms with Crippen molar-refractivity contribution in [3.8, 4) is 5.75 Å². The number of hydrogen-bond donors (Lipinski definition) is 2. The maximum Gasteiger partial charge on any atom is 0.235 e. The van der Waals surface area contributed by atoms with Gasteiger partial charge in [0, 0.05) is 24.7 Å². The highest BCUT2D eigenvalue weighted by molar-refractivity contribution is 6.06. The Balaban J connectivity index is 1.05. The third kappa shape index (κ3) is 3.96. The number of likely N-dealkylation sites (tertiary alicyclic amines) is 1. The van der Waals surface area contributed by atoms with E-state index in [0.29, 0.717) is 38.1 Å². The number of benzene rings is 1. The quantitative estimate of drug-likeness (QED) is 0.669. The summed E-state index contributed by atoms with van der Waals surface area (Å²) in [7, 11) is 0. The minimum Gasteiger partial charge on any atom is -0.491 e. The summed E-state index contributed by atoms with van der Waals surface area (Å²) in [5, 5.41) is 13.2. The first-order chi connectivity index (χ1) is 17.2. The molecule has 8 nitrogen and oxygen atoms in total. The lowest BCUT2D eigenvalue weighted by Crippen LogP contribution is -2.57. The van der Waals surface area contributed by atoms with Crippen LogP contribution in [0.4, 0.5) is 11.5 Å². The van der Waals surface area contributed by atoms with Crippen molar-refractivity contribution in [3.05, 3.63) is 47.2 Å². The van der Waals surface area contributed by atoms with E-state index in [1.54, 1.807) is 11.1 Å². The van der Waals surface area contributed by atoms with Crippen molar-refractivity contribution < 1.29 is 19.4 Å². The lowest BCUT2D eigenvalue weighted by Gasteiger charge is -2.47. The van der Waals surface area contributed by atoms with Crippen LogP contribution in [-0.4, -0.2) is 64.7 Å². The highest BCUT2D eigenvalue weighted by atomic mass is 16.5. The summed E-state index contributed by atoms with van der Waals surface area (Å²) in [6, 6.07) is 8.26. The zero-order chi connectivity index (χ0) is 25.1. The number of carbonyl (C=O) groups excluding carboxylic acids is 2. The molecule has 4 heterocycles.